The monoisotopic (exact) mass is 306 g/mol. The maximum absolute atomic E-state index is 13.4. The molecule has 22 heavy (non-hydrogen) atoms. The molecule has 114 valence electrons. The molecule has 2 aromatic rings. The van der Waals surface area contributed by atoms with Crippen LogP contribution in [0.25, 0.3) is 0 Å². The first kappa shape index (κ1) is 14.1. The minimum atomic E-state index is -0.723. The number of carbonyl (C=O) groups excluding carboxylic acids is 1. The Morgan fingerprint density at radius 1 is 0.955 bits per heavy atom. The van der Waals surface area contributed by atoms with Gasteiger partial charge in [-0.25, -0.2) is 13.6 Å². The average molecular weight is 306 g/mol. The van der Waals surface area contributed by atoms with Crippen molar-refractivity contribution < 1.29 is 23.0 Å². The number of carbonyl (C=O) groups is 1. The number of ether oxygens (including phenoxy) is 2. The molecule has 0 bridgehead atoms. The Morgan fingerprint density at radius 2 is 1.73 bits per heavy atom. The van der Waals surface area contributed by atoms with Crippen LogP contribution in [0, 0.1) is 11.6 Å². The van der Waals surface area contributed by atoms with Crippen LogP contribution < -0.4 is 20.1 Å². The molecule has 0 fully saturated rings. The van der Waals surface area contributed by atoms with Crippen molar-refractivity contribution in [3.05, 3.63) is 48.0 Å². The standard InChI is InChI=1S/C15H12F2N2O3/c16-9-1-3-11(17)12(7-9)19-15(20)18-10-2-4-13-14(8-10)22-6-5-21-13/h1-4,7-8H,5-6H2,(H2,18,19,20). The summed E-state index contributed by atoms with van der Waals surface area (Å²) in [6.07, 6.45) is 0. The van der Waals surface area contributed by atoms with Crippen molar-refractivity contribution in [1.29, 1.82) is 0 Å². The molecule has 0 aliphatic carbocycles. The van der Waals surface area contributed by atoms with Gasteiger partial charge in [0.05, 0.1) is 5.69 Å². The van der Waals surface area contributed by atoms with E-state index >= 15 is 0 Å². The third kappa shape index (κ3) is 3.08. The van der Waals surface area contributed by atoms with Crippen LogP contribution in [-0.4, -0.2) is 19.2 Å². The predicted molar refractivity (Wildman–Crippen MR) is 76.4 cm³/mol. The van der Waals surface area contributed by atoms with E-state index in [1.807, 2.05) is 0 Å². The molecule has 0 saturated carbocycles. The Kier molecular flexibility index (Phi) is 3.78. The molecule has 0 aromatic heterocycles. The first-order valence-corrected chi connectivity index (χ1v) is 6.54. The second-order valence-corrected chi connectivity index (χ2v) is 4.56. The zero-order valence-electron chi connectivity index (χ0n) is 11.4. The second-order valence-electron chi connectivity index (χ2n) is 4.56. The second kappa shape index (κ2) is 5.88. The Bertz CT molecular complexity index is 722. The summed E-state index contributed by atoms with van der Waals surface area (Å²) in [6.45, 7) is 0.899. The van der Waals surface area contributed by atoms with Gasteiger partial charge in [0.1, 0.15) is 24.8 Å². The molecule has 3 rings (SSSR count). The molecular weight excluding hydrogens is 294 g/mol. The number of anilines is 2. The fourth-order valence-corrected chi connectivity index (χ4v) is 2.00. The number of hydrogen-bond acceptors (Lipinski definition) is 3. The Morgan fingerprint density at radius 3 is 2.55 bits per heavy atom. The molecule has 2 aromatic carbocycles. The van der Waals surface area contributed by atoms with Crippen LogP contribution in [0.1, 0.15) is 0 Å². The minimum Gasteiger partial charge on any atom is -0.486 e. The molecule has 0 saturated heterocycles. The van der Waals surface area contributed by atoms with Crippen molar-refractivity contribution in [3.8, 4) is 11.5 Å². The number of halogens is 2. The summed E-state index contributed by atoms with van der Waals surface area (Å²) in [5.74, 6) is -0.260. The number of rotatable bonds is 2. The van der Waals surface area contributed by atoms with E-state index in [9.17, 15) is 13.6 Å². The lowest BCUT2D eigenvalue weighted by atomic mass is 10.2. The SMILES string of the molecule is O=C(Nc1ccc2c(c1)OCCO2)Nc1cc(F)ccc1F. The summed E-state index contributed by atoms with van der Waals surface area (Å²) in [6, 6.07) is 6.99. The van der Waals surface area contributed by atoms with Crippen LogP contribution in [0.15, 0.2) is 36.4 Å². The molecular formula is C15H12F2N2O3. The average Bonchev–Trinajstić information content (AvgIpc) is 2.51. The highest BCUT2D eigenvalue weighted by Gasteiger charge is 2.13. The molecule has 1 heterocycles. The number of nitrogens with one attached hydrogen (secondary N) is 2. The van der Waals surface area contributed by atoms with Crippen LogP contribution in [-0.2, 0) is 0 Å². The Balaban J connectivity index is 1.70. The fraction of sp³-hybridized carbons (Fsp3) is 0.133. The lowest BCUT2D eigenvalue weighted by Crippen LogP contribution is -2.21. The first-order chi connectivity index (χ1) is 10.6. The molecule has 0 radical (unpaired) electrons. The highest BCUT2D eigenvalue weighted by molar-refractivity contribution is 6.00. The highest BCUT2D eigenvalue weighted by Crippen LogP contribution is 2.32. The largest absolute Gasteiger partial charge is 0.486 e. The van der Waals surface area contributed by atoms with Gasteiger partial charge in [-0.1, -0.05) is 0 Å². The van der Waals surface area contributed by atoms with Gasteiger partial charge in [0.25, 0.3) is 0 Å². The normalized spacial score (nSPS) is 12.6. The topological polar surface area (TPSA) is 59.6 Å². The molecule has 0 unspecified atom stereocenters. The molecule has 2 N–H and O–H groups in total. The summed E-state index contributed by atoms with van der Waals surface area (Å²) < 4.78 is 37.2. The third-order valence-corrected chi connectivity index (χ3v) is 2.98. The lowest BCUT2D eigenvalue weighted by Gasteiger charge is -2.19. The van der Waals surface area contributed by atoms with E-state index < -0.39 is 17.7 Å². The van der Waals surface area contributed by atoms with Crippen molar-refractivity contribution in [2.24, 2.45) is 0 Å². The predicted octanol–water partition coefficient (Wildman–Crippen LogP) is 3.38. The van der Waals surface area contributed by atoms with Gasteiger partial charge in [0.2, 0.25) is 0 Å². The minimum absolute atomic E-state index is 0.241. The number of amides is 2. The van der Waals surface area contributed by atoms with Crippen LogP contribution >= 0.6 is 0 Å². The van der Waals surface area contributed by atoms with Gasteiger partial charge in [-0.15, -0.1) is 0 Å². The van der Waals surface area contributed by atoms with E-state index in [-0.39, 0.29) is 5.69 Å². The number of urea groups is 1. The van der Waals surface area contributed by atoms with Gasteiger partial charge in [-0.3, -0.25) is 0 Å². The lowest BCUT2D eigenvalue weighted by molar-refractivity contribution is 0.171. The van der Waals surface area contributed by atoms with Crippen molar-refractivity contribution in [2.45, 2.75) is 0 Å². The Hall–Kier alpha value is -2.83. The van der Waals surface area contributed by atoms with E-state index in [0.717, 1.165) is 18.2 Å². The molecule has 2 amide bonds. The van der Waals surface area contributed by atoms with E-state index in [4.69, 9.17) is 9.47 Å². The van der Waals surface area contributed by atoms with Gasteiger partial charge in [0.15, 0.2) is 11.5 Å². The zero-order chi connectivity index (χ0) is 15.5. The summed E-state index contributed by atoms with van der Waals surface area (Å²) in [7, 11) is 0. The third-order valence-electron chi connectivity index (χ3n) is 2.98. The van der Waals surface area contributed by atoms with E-state index in [2.05, 4.69) is 10.6 Å². The van der Waals surface area contributed by atoms with Gasteiger partial charge >= 0.3 is 6.03 Å². The summed E-state index contributed by atoms with van der Waals surface area (Å²) in [4.78, 5) is 11.8. The van der Waals surface area contributed by atoms with Gasteiger partial charge in [0, 0.05) is 17.8 Å². The Labute approximate surface area is 124 Å². The van der Waals surface area contributed by atoms with Crippen LogP contribution in [0.5, 0.6) is 11.5 Å². The van der Waals surface area contributed by atoms with E-state index in [1.165, 1.54) is 0 Å². The quantitative estimate of drug-likeness (QED) is 0.894. The maximum Gasteiger partial charge on any atom is 0.323 e. The van der Waals surface area contributed by atoms with Crippen LogP contribution in [0.2, 0.25) is 0 Å². The molecule has 7 heteroatoms. The molecule has 1 aliphatic heterocycles. The maximum atomic E-state index is 13.4. The molecule has 1 aliphatic rings. The first-order valence-electron chi connectivity index (χ1n) is 6.54. The fourth-order valence-electron chi connectivity index (χ4n) is 2.00. The molecule has 5 nitrogen and oxygen atoms in total. The highest BCUT2D eigenvalue weighted by atomic mass is 19.1. The van der Waals surface area contributed by atoms with Crippen LogP contribution in [0.3, 0.4) is 0 Å². The van der Waals surface area contributed by atoms with E-state index in [1.54, 1.807) is 18.2 Å². The van der Waals surface area contributed by atoms with Crippen molar-refractivity contribution in [1.82, 2.24) is 0 Å². The van der Waals surface area contributed by atoms with E-state index in [0.29, 0.717) is 30.4 Å². The van der Waals surface area contributed by atoms with Crippen molar-refractivity contribution >= 4 is 17.4 Å². The smallest absolute Gasteiger partial charge is 0.323 e. The van der Waals surface area contributed by atoms with Crippen molar-refractivity contribution in [3.63, 3.8) is 0 Å². The van der Waals surface area contributed by atoms with Gasteiger partial charge in [-0.2, -0.15) is 0 Å². The number of hydrogen-bond donors (Lipinski definition) is 2. The van der Waals surface area contributed by atoms with Crippen molar-refractivity contribution in [2.75, 3.05) is 23.8 Å². The molecule has 0 atom stereocenters. The molecule has 0 spiro atoms. The van der Waals surface area contributed by atoms with Gasteiger partial charge in [-0.05, 0) is 24.3 Å². The van der Waals surface area contributed by atoms with Crippen LogP contribution in [0.4, 0.5) is 25.0 Å². The van der Waals surface area contributed by atoms with Gasteiger partial charge < -0.3 is 20.1 Å². The summed E-state index contributed by atoms with van der Waals surface area (Å²) >= 11 is 0. The zero-order valence-corrected chi connectivity index (χ0v) is 11.4. The summed E-state index contributed by atoms with van der Waals surface area (Å²) in [5, 5.41) is 4.75. The summed E-state index contributed by atoms with van der Waals surface area (Å²) in [5.41, 5.74) is 0.202. The number of fused-ring (bicyclic) bond motifs is 1. The number of benzene rings is 2.